The second-order valence-corrected chi connectivity index (χ2v) is 5.96. The van der Waals surface area contributed by atoms with E-state index >= 15 is 0 Å². The van der Waals surface area contributed by atoms with Crippen LogP contribution in [0.3, 0.4) is 0 Å². The number of carbonyl (C=O) groups is 1. The third-order valence-electron chi connectivity index (χ3n) is 3.19. The molecule has 0 fully saturated rings. The highest BCUT2D eigenvalue weighted by atomic mass is 79.9. The Morgan fingerprint density at radius 2 is 1.71 bits per heavy atom. The number of rotatable bonds is 2. The van der Waals surface area contributed by atoms with Gasteiger partial charge in [-0.05, 0) is 41.1 Å². The Kier molecular flexibility index (Phi) is 3.95. The molecule has 0 aromatic heterocycles. The molecule has 0 aliphatic carbocycles. The fourth-order valence-corrected chi connectivity index (χ4v) is 2.84. The summed E-state index contributed by atoms with van der Waals surface area (Å²) in [6.07, 6.45) is 0. The minimum Gasteiger partial charge on any atom is -0.321 e. The van der Waals surface area contributed by atoms with Crippen LogP contribution in [0.15, 0.2) is 65.1 Å². The maximum Gasteiger partial charge on any atom is 0.255 e. The molecular formula is C17H11BrClNO. The largest absolute Gasteiger partial charge is 0.321 e. The first-order valence-corrected chi connectivity index (χ1v) is 7.56. The van der Waals surface area contributed by atoms with Crippen molar-refractivity contribution in [2.75, 3.05) is 5.32 Å². The molecule has 1 amide bonds. The summed E-state index contributed by atoms with van der Waals surface area (Å²) in [5.41, 5.74) is 1.20. The zero-order valence-corrected chi connectivity index (χ0v) is 13.3. The topological polar surface area (TPSA) is 29.1 Å². The standard InChI is InChI=1S/C17H11BrClNO/c18-14-7-8-16(15(19)10-14)20-17(21)13-6-5-11-3-1-2-4-12(11)9-13/h1-10H,(H,20,21). The number of fused-ring (bicyclic) bond motifs is 1. The van der Waals surface area contributed by atoms with Crippen LogP contribution in [0.1, 0.15) is 10.4 Å². The molecular weight excluding hydrogens is 350 g/mol. The maximum absolute atomic E-state index is 12.3. The Bertz CT molecular complexity index is 832. The molecule has 3 aromatic carbocycles. The third kappa shape index (κ3) is 3.09. The lowest BCUT2D eigenvalue weighted by atomic mass is 10.1. The lowest BCUT2D eigenvalue weighted by Gasteiger charge is -2.08. The molecule has 2 nitrogen and oxygen atoms in total. The maximum atomic E-state index is 12.3. The molecule has 0 saturated carbocycles. The highest BCUT2D eigenvalue weighted by molar-refractivity contribution is 9.10. The van der Waals surface area contributed by atoms with Crippen LogP contribution in [-0.2, 0) is 0 Å². The van der Waals surface area contributed by atoms with Crippen molar-refractivity contribution in [3.8, 4) is 0 Å². The lowest BCUT2D eigenvalue weighted by Crippen LogP contribution is -2.12. The third-order valence-corrected chi connectivity index (χ3v) is 4.00. The molecule has 0 unspecified atom stereocenters. The SMILES string of the molecule is O=C(Nc1ccc(Br)cc1Cl)c1ccc2ccccc2c1. The molecule has 0 aliphatic rings. The molecule has 0 radical (unpaired) electrons. The van der Waals surface area contributed by atoms with E-state index in [2.05, 4.69) is 21.2 Å². The summed E-state index contributed by atoms with van der Waals surface area (Å²) in [4.78, 5) is 12.3. The molecule has 4 heteroatoms. The van der Waals surface area contributed by atoms with Crippen LogP contribution in [0, 0.1) is 0 Å². The number of benzene rings is 3. The predicted molar refractivity (Wildman–Crippen MR) is 91.1 cm³/mol. The first-order chi connectivity index (χ1) is 10.1. The van der Waals surface area contributed by atoms with E-state index in [1.807, 2.05) is 48.5 Å². The van der Waals surface area contributed by atoms with E-state index in [9.17, 15) is 4.79 Å². The molecule has 21 heavy (non-hydrogen) atoms. The number of hydrogen-bond donors (Lipinski definition) is 1. The molecule has 0 spiro atoms. The zero-order chi connectivity index (χ0) is 14.8. The van der Waals surface area contributed by atoms with Gasteiger partial charge in [0.15, 0.2) is 0 Å². The molecule has 0 heterocycles. The van der Waals surface area contributed by atoms with Crippen molar-refractivity contribution in [1.29, 1.82) is 0 Å². The van der Waals surface area contributed by atoms with Gasteiger partial charge >= 0.3 is 0 Å². The van der Waals surface area contributed by atoms with Crippen LogP contribution in [0.4, 0.5) is 5.69 Å². The fraction of sp³-hybridized carbons (Fsp3) is 0. The molecule has 3 aromatic rings. The molecule has 104 valence electrons. The van der Waals surface area contributed by atoms with E-state index in [0.717, 1.165) is 15.2 Å². The monoisotopic (exact) mass is 359 g/mol. The van der Waals surface area contributed by atoms with Crippen molar-refractivity contribution in [2.24, 2.45) is 0 Å². The normalized spacial score (nSPS) is 10.6. The van der Waals surface area contributed by atoms with Crippen LogP contribution < -0.4 is 5.32 Å². The second kappa shape index (κ2) is 5.88. The summed E-state index contributed by atoms with van der Waals surface area (Å²) < 4.78 is 0.871. The van der Waals surface area contributed by atoms with Crippen molar-refractivity contribution in [3.63, 3.8) is 0 Å². The van der Waals surface area contributed by atoms with Crippen molar-refractivity contribution in [3.05, 3.63) is 75.7 Å². The molecule has 0 bridgehead atoms. The van der Waals surface area contributed by atoms with Gasteiger partial charge in [0.1, 0.15) is 0 Å². The minimum absolute atomic E-state index is 0.176. The number of amides is 1. The van der Waals surface area contributed by atoms with Gasteiger partial charge in [-0.2, -0.15) is 0 Å². The summed E-state index contributed by atoms with van der Waals surface area (Å²) in [5, 5.41) is 5.47. The predicted octanol–water partition coefficient (Wildman–Crippen LogP) is 5.51. The molecule has 1 N–H and O–H groups in total. The van der Waals surface area contributed by atoms with Gasteiger partial charge in [0.25, 0.3) is 5.91 Å². The van der Waals surface area contributed by atoms with E-state index in [-0.39, 0.29) is 5.91 Å². The second-order valence-electron chi connectivity index (χ2n) is 4.64. The molecule has 0 saturated heterocycles. The quantitative estimate of drug-likeness (QED) is 0.641. The van der Waals surface area contributed by atoms with Crippen molar-refractivity contribution >= 4 is 49.9 Å². The first kappa shape index (κ1) is 14.1. The summed E-state index contributed by atoms with van der Waals surface area (Å²) in [7, 11) is 0. The van der Waals surface area contributed by atoms with Gasteiger partial charge in [-0.3, -0.25) is 4.79 Å². The van der Waals surface area contributed by atoms with Gasteiger partial charge in [-0.1, -0.05) is 57.9 Å². The van der Waals surface area contributed by atoms with E-state index in [1.54, 1.807) is 12.1 Å². The van der Waals surface area contributed by atoms with Gasteiger partial charge < -0.3 is 5.32 Å². The van der Waals surface area contributed by atoms with Gasteiger partial charge in [0.05, 0.1) is 10.7 Å². The highest BCUT2D eigenvalue weighted by Crippen LogP contribution is 2.26. The van der Waals surface area contributed by atoms with Crippen LogP contribution in [0.25, 0.3) is 10.8 Å². The van der Waals surface area contributed by atoms with Crippen LogP contribution in [0.5, 0.6) is 0 Å². The summed E-state index contributed by atoms with van der Waals surface area (Å²) >= 11 is 9.45. The average molecular weight is 361 g/mol. The number of carbonyl (C=O) groups excluding carboxylic acids is 1. The number of nitrogens with one attached hydrogen (secondary N) is 1. The molecule has 0 aliphatic heterocycles. The Morgan fingerprint density at radius 1 is 0.952 bits per heavy atom. The number of anilines is 1. The average Bonchev–Trinajstić information content (AvgIpc) is 2.49. The number of halogens is 2. The van der Waals surface area contributed by atoms with E-state index in [0.29, 0.717) is 16.3 Å². The van der Waals surface area contributed by atoms with Crippen molar-refractivity contribution in [1.82, 2.24) is 0 Å². The smallest absolute Gasteiger partial charge is 0.255 e. The van der Waals surface area contributed by atoms with Crippen LogP contribution in [0.2, 0.25) is 5.02 Å². The minimum atomic E-state index is -0.176. The van der Waals surface area contributed by atoms with E-state index in [4.69, 9.17) is 11.6 Å². The van der Waals surface area contributed by atoms with Gasteiger partial charge in [-0.15, -0.1) is 0 Å². The lowest BCUT2D eigenvalue weighted by molar-refractivity contribution is 0.102. The van der Waals surface area contributed by atoms with Crippen LogP contribution >= 0.6 is 27.5 Å². The van der Waals surface area contributed by atoms with E-state index < -0.39 is 0 Å². The Balaban J connectivity index is 1.89. The molecule has 3 rings (SSSR count). The Labute approximate surface area is 135 Å². The summed E-state index contributed by atoms with van der Waals surface area (Å²) in [6, 6.07) is 18.9. The first-order valence-electron chi connectivity index (χ1n) is 6.39. The van der Waals surface area contributed by atoms with Crippen molar-refractivity contribution < 1.29 is 4.79 Å². The van der Waals surface area contributed by atoms with E-state index in [1.165, 1.54) is 0 Å². The van der Waals surface area contributed by atoms with Gasteiger partial charge in [-0.25, -0.2) is 0 Å². The summed E-state index contributed by atoms with van der Waals surface area (Å²) in [6.45, 7) is 0. The Morgan fingerprint density at radius 3 is 2.48 bits per heavy atom. The van der Waals surface area contributed by atoms with Gasteiger partial charge in [0.2, 0.25) is 0 Å². The Hall–Kier alpha value is -1.84. The highest BCUT2D eigenvalue weighted by Gasteiger charge is 2.09. The fourth-order valence-electron chi connectivity index (χ4n) is 2.12. The van der Waals surface area contributed by atoms with Gasteiger partial charge in [0, 0.05) is 10.0 Å². The molecule has 0 atom stereocenters. The van der Waals surface area contributed by atoms with Crippen molar-refractivity contribution in [2.45, 2.75) is 0 Å². The number of hydrogen-bond acceptors (Lipinski definition) is 1. The zero-order valence-electron chi connectivity index (χ0n) is 10.9. The van der Waals surface area contributed by atoms with Crippen LogP contribution in [-0.4, -0.2) is 5.91 Å². The summed E-state index contributed by atoms with van der Waals surface area (Å²) in [5.74, 6) is -0.176.